The summed E-state index contributed by atoms with van der Waals surface area (Å²) in [6, 6.07) is 6.48. The Balaban J connectivity index is 1.73. The maximum Gasteiger partial charge on any atom is 0.0613 e. The van der Waals surface area contributed by atoms with Gasteiger partial charge in [0.1, 0.15) is 0 Å². The summed E-state index contributed by atoms with van der Waals surface area (Å²) in [6.07, 6.45) is 3.34. The Morgan fingerprint density at radius 2 is 2.25 bits per heavy atom. The molecule has 1 heterocycles. The summed E-state index contributed by atoms with van der Waals surface area (Å²) in [5, 5.41) is 16.2. The number of hydrogen-bond donors (Lipinski definition) is 3. The molecule has 0 radical (unpaired) electrons. The van der Waals surface area contributed by atoms with Gasteiger partial charge in [-0.25, -0.2) is 0 Å². The Bertz CT molecular complexity index is 399. The molecule has 0 spiro atoms. The molecule has 1 fully saturated rings. The van der Waals surface area contributed by atoms with Crippen molar-refractivity contribution in [2.75, 3.05) is 18.5 Å². The van der Waals surface area contributed by atoms with E-state index in [0.717, 1.165) is 32.4 Å². The molecule has 0 saturated heterocycles. The summed E-state index contributed by atoms with van der Waals surface area (Å²) >= 11 is 0. The lowest BCUT2D eigenvalue weighted by Gasteiger charge is -2.16. The molecule has 3 nitrogen and oxygen atoms in total. The maximum absolute atomic E-state index is 9.25. The molecule has 0 atom stereocenters. The van der Waals surface area contributed by atoms with Gasteiger partial charge in [-0.1, -0.05) is 18.2 Å². The van der Waals surface area contributed by atoms with Gasteiger partial charge in [0.25, 0.3) is 0 Å². The zero-order valence-electron chi connectivity index (χ0n) is 9.42. The van der Waals surface area contributed by atoms with Gasteiger partial charge in [0, 0.05) is 24.3 Å². The van der Waals surface area contributed by atoms with E-state index in [0.29, 0.717) is 0 Å². The van der Waals surface area contributed by atoms with E-state index in [1.54, 1.807) is 0 Å². The van der Waals surface area contributed by atoms with Gasteiger partial charge in [0.05, 0.1) is 6.61 Å². The molecule has 3 heteroatoms. The molecule has 0 bridgehead atoms. The van der Waals surface area contributed by atoms with E-state index in [4.69, 9.17) is 0 Å². The number of aliphatic hydroxyl groups excluding tert-OH is 1. The van der Waals surface area contributed by atoms with Crippen LogP contribution in [0, 0.1) is 0 Å². The van der Waals surface area contributed by atoms with Crippen molar-refractivity contribution in [2.24, 2.45) is 0 Å². The first-order valence-electron chi connectivity index (χ1n) is 6.04. The quantitative estimate of drug-likeness (QED) is 0.713. The van der Waals surface area contributed by atoms with Crippen molar-refractivity contribution < 1.29 is 5.11 Å². The molecule has 1 saturated carbocycles. The van der Waals surface area contributed by atoms with E-state index in [1.807, 2.05) is 0 Å². The van der Waals surface area contributed by atoms with Gasteiger partial charge >= 0.3 is 0 Å². The molecular weight excluding hydrogens is 200 g/mol. The smallest absolute Gasteiger partial charge is 0.0613 e. The average Bonchev–Trinajstić information content (AvgIpc) is 2.94. The lowest BCUT2D eigenvalue weighted by Crippen LogP contribution is -2.34. The van der Waals surface area contributed by atoms with E-state index in [-0.39, 0.29) is 12.1 Å². The van der Waals surface area contributed by atoms with Crippen LogP contribution in [0.4, 0.5) is 5.69 Å². The third-order valence-corrected chi connectivity index (χ3v) is 3.74. The van der Waals surface area contributed by atoms with Gasteiger partial charge in [-0.05, 0) is 30.4 Å². The average molecular weight is 218 g/mol. The number of para-hydroxylation sites is 1. The van der Waals surface area contributed by atoms with Crippen LogP contribution in [0.5, 0.6) is 0 Å². The Hall–Kier alpha value is -1.06. The van der Waals surface area contributed by atoms with E-state index in [9.17, 15) is 5.11 Å². The Morgan fingerprint density at radius 3 is 3.00 bits per heavy atom. The number of anilines is 1. The molecule has 0 unspecified atom stereocenters. The van der Waals surface area contributed by atoms with E-state index >= 15 is 0 Å². The molecule has 1 aliphatic carbocycles. The second-order valence-corrected chi connectivity index (χ2v) is 4.92. The summed E-state index contributed by atoms with van der Waals surface area (Å²) < 4.78 is 0. The molecule has 3 N–H and O–H groups in total. The summed E-state index contributed by atoms with van der Waals surface area (Å²) in [7, 11) is 0. The normalized spacial score (nSPS) is 20.3. The molecule has 16 heavy (non-hydrogen) atoms. The molecule has 1 aromatic carbocycles. The van der Waals surface area contributed by atoms with Gasteiger partial charge < -0.3 is 15.7 Å². The van der Waals surface area contributed by atoms with Crippen LogP contribution < -0.4 is 10.6 Å². The minimum atomic E-state index is 0.0291. The predicted molar refractivity (Wildman–Crippen MR) is 64.5 cm³/mol. The first-order valence-corrected chi connectivity index (χ1v) is 6.04. The monoisotopic (exact) mass is 218 g/mol. The number of nitrogens with one attached hydrogen (secondary N) is 2. The van der Waals surface area contributed by atoms with Gasteiger partial charge in [-0.15, -0.1) is 0 Å². The highest BCUT2D eigenvalue weighted by atomic mass is 16.3. The molecule has 1 aromatic rings. The fourth-order valence-corrected chi connectivity index (χ4v) is 2.38. The largest absolute Gasteiger partial charge is 0.394 e. The Labute approximate surface area is 95.9 Å². The molecule has 3 rings (SSSR count). The van der Waals surface area contributed by atoms with Crippen molar-refractivity contribution in [2.45, 2.75) is 31.3 Å². The Kier molecular flexibility index (Phi) is 2.37. The minimum absolute atomic E-state index is 0.0291. The van der Waals surface area contributed by atoms with Crippen molar-refractivity contribution >= 4 is 5.69 Å². The fourth-order valence-electron chi connectivity index (χ4n) is 2.38. The third-order valence-electron chi connectivity index (χ3n) is 3.74. The van der Waals surface area contributed by atoms with Crippen molar-refractivity contribution in [3.05, 3.63) is 29.3 Å². The van der Waals surface area contributed by atoms with Crippen LogP contribution in [0.25, 0.3) is 0 Å². The third kappa shape index (κ3) is 1.70. The number of rotatable bonds is 4. The maximum atomic E-state index is 9.25. The zero-order valence-corrected chi connectivity index (χ0v) is 9.42. The van der Waals surface area contributed by atoms with Crippen molar-refractivity contribution in [1.29, 1.82) is 0 Å². The minimum Gasteiger partial charge on any atom is -0.394 e. The number of benzene rings is 1. The summed E-state index contributed by atoms with van der Waals surface area (Å²) in [5.41, 5.74) is 4.09. The van der Waals surface area contributed by atoms with Gasteiger partial charge in [-0.3, -0.25) is 0 Å². The second kappa shape index (κ2) is 3.75. The molecule has 0 aromatic heterocycles. The number of fused-ring (bicyclic) bond motifs is 1. The van der Waals surface area contributed by atoms with E-state index < -0.39 is 0 Å². The molecule has 2 aliphatic rings. The fraction of sp³-hybridized carbons (Fsp3) is 0.538. The highest BCUT2D eigenvalue weighted by Gasteiger charge is 2.41. The summed E-state index contributed by atoms with van der Waals surface area (Å²) in [6.45, 7) is 2.17. The van der Waals surface area contributed by atoms with Crippen molar-refractivity contribution in [3.8, 4) is 0 Å². The summed E-state index contributed by atoms with van der Waals surface area (Å²) in [4.78, 5) is 0. The van der Waals surface area contributed by atoms with E-state index in [2.05, 4.69) is 28.8 Å². The molecule has 86 valence electrons. The lowest BCUT2D eigenvalue weighted by molar-refractivity contribution is 0.230. The van der Waals surface area contributed by atoms with Crippen LogP contribution in [-0.4, -0.2) is 23.8 Å². The summed E-state index contributed by atoms with van der Waals surface area (Å²) in [5.74, 6) is 0. The van der Waals surface area contributed by atoms with Crippen LogP contribution in [0.15, 0.2) is 18.2 Å². The van der Waals surface area contributed by atoms with Gasteiger partial charge in [-0.2, -0.15) is 0 Å². The SMILES string of the molecule is OCC1(NCc2cccc3c2NCC3)CC1. The topological polar surface area (TPSA) is 44.3 Å². The highest BCUT2D eigenvalue weighted by Crippen LogP contribution is 2.35. The van der Waals surface area contributed by atoms with E-state index in [1.165, 1.54) is 16.8 Å². The van der Waals surface area contributed by atoms with Crippen molar-refractivity contribution in [3.63, 3.8) is 0 Å². The highest BCUT2D eigenvalue weighted by molar-refractivity contribution is 5.61. The van der Waals surface area contributed by atoms with Crippen LogP contribution in [0.2, 0.25) is 0 Å². The molecule has 0 amide bonds. The van der Waals surface area contributed by atoms with Gasteiger partial charge in [0.2, 0.25) is 0 Å². The zero-order chi connectivity index (χ0) is 11.0. The second-order valence-electron chi connectivity index (χ2n) is 4.92. The molecular formula is C13H18N2O. The van der Waals surface area contributed by atoms with Crippen LogP contribution >= 0.6 is 0 Å². The van der Waals surface area contributed by atoms with Crippen LogP contribution in [0.1, 0.15) is 24.0 Å². The van der Waals surface area contributed by atoms with Gasteiger partial charge in [0.15, 0.2) is 0 Å². The number of aliphatic hydroxyl groups is 1. The Morgan fingerprint density at radius 1 is 1.38 bits per heavy atom. The standard InChI is InChI=1S/C13H18N2O/c16-9-13(5-6-13)15-8-11-3-1-2-10-4-7-14-12(10)11/h1-3,14-16H,4-9H2. The van der Waals surface area contributed by atoms with Crippen LogP contribution in [0.3, 0.4) is 0 Å². The number of hydrogen-bond acceptors (Lipinski definition) is 3. The predicted octanol–water partition coefficient (Wildman–Crippen LogP) is 1.27. The van der Waals surface area contributed by atoms with Crippen LogP contribution in [-0.2, 0) is 13.0 Å². The first-order chi connectivity index (χ1) is 7.83. The van der Waals surface area contributed by atoms with Crippen molar-refractivity contribution in [1.82, 2.24) is 5.32 Å². The lowest BCUT2D eigenvalue weighted by atomic mass is 10.1. The first kappa shape index (κ1) is 10.1. The molecule has 1 aliphatic heterocycles.